The number of hydrogen-bond acceptors (Lipinski definition) is 5. The van der Waals surface area contributed by atoms with Gasteiger partial charge in [-0.25, -0.2) is 13.8 Å². The van der Waals surface area contributed by atoms with E-state index in [1.165, 1.54) is 0 Å². The maximum absolute atomic E-state index is 12.5. The summed E-state index contributed by atoms with van der Waals surface area (Å²) in [7, 11) is 0. The van der Waals surface area contributed by atoms with Crippen LogP contribution in [0.1, 0.15) is 22.5 Å². The molecule has 0 saturated heterocycles. The van der Waals surface area contributed by atoms with E-state index >= 15 is 0 Å². The Morgan fingerprint density at radius 1 is 1.62 bits per heavy atom. The fourth-order valence-electron chi connectivity index (χ4n) is 1.06. The fourth-order valence-corrected chi connectivity index (χ4v) is 1.21. The lowest BCUT2D eigenvalue weighted by Gasteiger charge is -2.05. The van der Waals surface area contributed by atoms with E-state index in [4.69, 9.17) is 16.7 Å². The number of aromatic nitrogens is 1. The largest absolute Gasteiger partial charge is 0.501 e. The molecular weight excluding hydrogens is 250 g/mol. The first-order valence-electron chi connectivity index (χ1n) is 3.70. The molecule has 0 atom stereocenters. The molecule has 0 fully saturated rings. The molecule has 0 aliphatic heterocycles. The highest BCUT2D eigenvalue weighted by molar-refractivity contribution is 6.67. The van der Waals surface area contributed by atoms with E-state index in [-0.39, 0.29) is 0 Å². The molecule has 0 aliphatic rings. The number of pyridine rings is 1. The van der Waals surface area contributed by atoms with Crippen LogP contribution in [0, 0.1) is 10.1 Å². The Labute approximate surface area is 91.6 Å². The zero-order valence-corrected chi connectivity index (χ0v) is 8.11. The van der Waals surface area contributed by atoms with Crippen molar-refractivity contribution in [3.63, 3.8) is 0 Å². The Hall–Kier alpha value is -1.83. The fraction of sp³-hybridized carbons (Fsp3) is 0.143. The van der Waals surface area contributed by atoms with Gasteiger partial charge in [-0.15, -0.1) is 0 Å². The van der Waals surface area contributed by atoms with E-state index in [1.54, 1.807) is 0 Å². The van der Waals surface area contributed by atoms with Gasteiger partial charge in [-0.3, -0.25) is 14.9 Å². The first kappa shape index (κ1) is 12.2. The third-order valence-electron chi connectivity index (χ3n) is 1.66. The molecular formula is C7H3ClF2N2O4. The lowest BCUT2D eigenvalue weighted by Crippen LogP contribution is -2.06. The average molecular weight is 253 g/mol. The first-order valence-corrected chi connectivity index (χ1v) is 4.08. The van der Waals surface area contributed by atoms with Crippen LogP contribution >= 0.6 is 11.6 Å². The van der Waals surface area contributed by atoms with Crippen molar-refractivity contribution in [2.75, 3.05) is 0 Å². The van der Waals surface area contributed by atoms with Gasteiger partial charge in [-0.2, -0.15) is 0 Å². The molecule has 0 spiro atoms. The van der Waals surface area contributed by atoms with E-state index in [0.717, 1.165) is 0 Å². The summed E-state index contributed by atoms with van der Waals surface area (Å²) < 4.78 is 25.0. The minimum absolute atomic E-state index is 0.514. The second-order valence-electron chi connectivity index (χ2n) is 2.59. The van der Waals surface area contributed by atoms with Gasteiger partial charge in [0, 0.05) is 0 Å². The predicted octanol–water partition coefficient (Wildman–Crippen LogP) is 2.01. The lowest BCUT2D eigenvalue weighted by atomic mass is 10.1. The molecule has 1 aromatic rings. The van der Waals surface area contributed by atoms with Crippen LogP contribution in [0.25, 0.3) is 0 Å². The number of aromatic hydroxyl groups is 1. The Kier molecular flexibility index (Phi) is 3.33. The monoisotopic (exact) mass is 252 g/mol. The van der Waals surface area contributed by atoms with Crippen molar-refractivity contribution < 1.29 is 23.6 Å². The molecule has 16 heavy (non-hydrogen) atoms. The van der Waals surface area contributed by atoms with Gasteiger partial charge in [0.2, 0.25) is 5.75 Å². The minimum Gasteiger partial charge on any atom is -0.501 e. The number of rotatable bonds is 3. The van der Waals surface area contributed by atoms with Gasteiger partial charge in [0.25, 0.3) is 11.7 Å². The molecule has 6 nitrogen and oxygen atoms in total. The minimum atomic E-state index is -3.35. The van der Waals surface area contributed by atoms with Crippen LogP contribution in [0.3, 0.4) is 0 Å². The Bertz CT molecular complexity index is 466. The Balaban J connectivity index is 3.63. The molecule has 0 bridgehead atoms. The highest BCUT2D eigenvalue weighted by Gasteiger charge is 2.32. The van der Waals surface area contributed by atoms with E-state index < -0.39 is 39.3 Å². The summed E-state index contributed by atoms with van der Waals surface area (Å²) in [4.78, 5) is 23.1. The number of nitro groups is 1. The molecule has 1 N–H and O–H groups in total. The summed E-state index contributed by atoms with van der Waals surface area (Å²) in [5.41, 5.74) is -3.50. The van der Waals surface area contributed by atoms with Crippen molar-refractivity contribution in [2.24, 2.45) is 0 Å². The van der Waals surface area contributed by atoms with Crippen molar-refractivity contribution in [2.45, 2.75) is 6.43 Å². The second-order valence-corrected chi connectivity index (χ2v) is 2.93. The third kappa shape index (κ3) is 2.06. The van der Waals surface area contributed by atoms with Crippen LogP contribution in [0.4, 0.5) is 14.5 Å². The van der Waals surface area contributed by atoms with Gasteiger partial charge >= 0.3 is 5.69 Å². The standard InChI is InChI=1S/C7H3ClF2N2O4/c8-6(14)4-3(7(9)10)5(12(15)16)2(13)1-11-4/h1,7,13H. The third-order valence-corrected chi connectivity index (χ3v) is 1.83. The van der Waals surface area contributed by atoms with Crippen LogP contribution in [0.2, 0.25) is 0 Å². The van der Waals surface area contributed by atoms with Gasteiger partial charge in [-0.1, -0.05) is 0 Å². The predicted molar refractivity (Wildman–Crippen MR) is 47.7 cm³/mol. The summed E-state index contributed by atoms with van der Waals surface area (Å²) in [5, 5.41) is 18.1. The lowest BCUT2D eigenvalue weighted by molar-refractivity contribution is -0.387. The van der Waals surface area contributed by atoms with Crippen LogP contribution in [0.5, 0.6) is 5.75 Å². The van der Waals surface area contributed by atoms with E-state index in [2.05, 4.69) is 4.98 Å². The summed E-state index contributed by atoms with van der Waals surface area (Å²) in [5.74, 6) is -1.05. The van der Waals surface area contributed by atoms with Crippen LogP contribution in [-0.2, 0) is 0 Å². The molecule has 86 valence electrons. The van der Waals surface area contributed by atoms with Gasteiger partial charge < -0.3 is 5.11 Å². The first-order chi connectivity index (χ1) is 7.36. The highest BCUT2D eigenvalue weighted by atomic mass is 35.5. The summed E-state index contributed by atoms with van der Waals surface area (Å²) in [6.45, 7) is 0. The van der Waals surface area contributed by atoms with Crippen LogP contribution in [0.15, 0.2) is 6.20 Å². The molecule has 1 heterocycles. The van der Waals surface area contributed by atoms with E-state index in [0.29, 0.717) is 6.20 Å². The zero-order valence-electron chi connectivity index (χ0n) is 7.35. The van der Waals surface area contributed by atoms with Crippen molar-refractivity contribution in [1.82, 2.24) is 4.98 Å². The quantitative estimate of drug-likeness (QED) is 0.504. The number of hydrogen-bond donors (Lipinski definition) is 1. The smallest absolute Gasteiger partial charge is 0.323 e. The summed E-state index contributed by atoms with van der Waals surface area (Å²) in [6, 6.07) is 0. The van der Waals surface area contributed by atoms with Crippen molar-refractivity contribution >= 4 is 22.5 Å². The normalized spacial score (nSPS) is 10.5. The Morgan fingerprint density at radius 3 is 2.56 bits per heavy atom. The number of alkyl halides is 2. The molecule has 0 saturated carbocycles. The maximum atomic E-state index is 12.5. The molecule has 0 radical (unpaired) electrons. The maximum Gasteiger partial charge on any atom is 0.323 e. The number of carbonyl (C=O) groups excluding carboxylic acids is 1. The number of halogens is 3. The van der Waals surface area contributed by atoms with Gasteiger partial charge in [0.15, 0.2) is 0 Å². The number of carbonyl (C=O) groups is 1. The molecule has 0 aliphatic carbocycles. The highest BCUT2D eigenvalue weighted by Crippen LogP contribution is 2.37. The van der Waals surface area contributed by atoms with E-state index in [9.17, 15) is 23.7 Å². The van der Waals surface area contributed by atoms with Crippen LogP contribution in [-0.4, -0.2) is 20.3 Å². The topological polar surface area (TPSA) is 93.3 Å². The van der Waals surface area contributed by atoms with Gasteiger partial charge in [-0.05, 0) is 11.6 Å². The summed E-state index contributed by atoms with van der Waals surface area (Å²) >= 11 is 4.94. The second kappa shape index (κ2) is 4.35. The molecule has 0 unspecified atom stereocenters. The van der Waals surface area contributed by atoms with E-state index in [1.807, 2.05) is 0 Å². The molecule has 0 aromatic carbocycles. The molecule has 9 heteroatoms. The molecule has 1 aromatic heterocycles. The van der Waals surface area contributed by atoms with Gasteiger partial charge in [0.1, 0.15) is 11.3 Å². The molecule has 0 amide bonds. The van der Waals surface area contributed by atoms with Crippen LogP contribution < -0.4 is 0 Å². The zero-order chi connectivity index (χ0) is 12.5. The SMILES string of the molecule is O=C(Cl)c1ncc(O)c([N+](=O)[O-])c1C(F)F. The van der Waals surface area contributed by atoms with Gasteiger partial charge in [0.05, 0.1) is 11.1 Å². The van der Waals surface area contributed by atoms with Crippen molar-refractivity contribution in [3.05, 3.63) is 27.6 Å². The summed E-state index contributed by atoms with van der Waals surface area (Å²) in [6.07, 6.45) is -2.84. The Morgan fingerprint density at radius 2 is 2.19 bits per heavy atom. The molecule has 1 rings (SSSR count). The van der Waals surface area contributed by atoms with Crippen molar-refractivity contribution in [1.29, 1.82) is 0 Å². The average Bonchev–Trinajstić information content (AvgIpc) is 2.15. The van der Waals surface area contributed by atoms with Crippen molar-refractivity contribution in [3.8, 4) is 5.75 Å². The number of nitrogens with zero attached hydrogens (tertiary/aromatic N) is 2.